The second-order valence-electron chi connectivity index (χ2n) is 6.24. The first-order valence-corrected chi connectivity index (χ1v) is 6.35. The zero-order valence-corrected chi connectivity index (χ0v) is 11.8. The Morgan fingerprint density at radius 1 is 1.25 bits per heavy atom. The molecule has 0 saturated carbocycles. The summed E-state index contributed by atoms with van der Waals surface area (Å²) in [5.41, 5.74) is 0.198. The van der Waals surface area contributed by atoms with E-state index >= 15 is 0 Å². The van der Waals surface area contributed by atoms with Gasteiger partial charge in [-0.1, -0.05) is 20.8 Å². The molecule has 1 aliphatic heterocycles. The fourth-order valence-corrected chi connectivity index (χ4v) is 1.88. The van der Waals surface area contributed by atoms with Crippen molar-refractivity contribution in [2.75, 3.05) is 33.7 Å². The first-order chi connectivity index (χ1) is 7.30. The Balaban J connectivity index is 2.48. The Bertz CT molecular complexity index is 206. The number of hydrogen-bond donors (Lipinski definition) is 0. The summed E-state index contributed by atoms with van der Waals surface area (Å²) in [5.74, 6) is 0. The van der Waals surface area contributed by atoms with Crippen LogP contribution in [0.25, 0.3) is 0 Å². The largest absolute Gasteiger partial charge is 0.358 e. The number of likely N-dealkylation sites (N-methyl/N-ethyl adjacent to an activating group) is 1. The second kappa shape index (κ2) is 5.48. The normalized spacial score (nSPS) is 21.9. The highest BCUT2D eigenvalue weighted by molar-refractivity contribution is 4.79. The predicted octanol–water partition coefficient (Wildman–Crippen LogP) is 2.03. The minimum absolute atomic E-state index is 0.198. The Kier molecular flexibility index (Phi) is 4.77. The third-order valence-electron chi connectivity index (χ3n) is 3.26. The monoisotopic (exact) mass is 228 g/mol. The molecular weight excluding hydrogens is 200 g/mol. The fraction of sp³-hybridized carbons (Fsp3) is 1.00. The van der Waals surface area contributed by atoms with Gasteiger partial charge in [-0.15, -0.1) is 0 Å². The molecule has 0 radical (unpaired) electrons. The topological polar surface area (TPSA) is 15.7 Å². The van der Waals surface area contributed by atoms with Gasteiger partial charge in [0, 0.05) is 19.6 Å². The van der Waals surface area contributed by atoms with E-state index in [-0.39, 0.29) is 17.7 Å². The molecule has 0 aliphatic carbocycles. The second-order valence-corrected chi connectivity index (χ2v) is 6.24. The molecule has 1 saturated heterocycles. The smallest absolute Gasteiger partial charge is 0.108 e. The molecule has 1 rings (SSSR count). The van der Waals surface area contributed by atoms with E-state index in [1.807, 2.05) is 0 Å². The first-order valence-electron chi connectivity index (χ1n) is 6.35. The summed E-state index contributed by atoms with van der Waals surface area (Å²) in [7, 11) is 4.22. The molecule has 0 spiro atoms. The Hall–Kier alpha value is -0.120. The number of nitrogens with zero attached hydrogens (tertiary/aromatic N) is 2. The quantitative estimate of drug-likeness (QED) is 0.716. The average Bonchev–Trinajstić information content (AvgIpc) is 1.96. The number of ether oxygens (including phenoxy) is 1. The predicted molar refractivity (Wildman–Crippen MR) is 68.5 cm³/mol. The SMILES string of the molecule is CC(OC(CN(C)C)C(C)(C)C)N1CCC1. The molecule has 0 aromatic carbocycles. The standard InChI is InChI=1S/C13H28N2O/c1-11(15-8-7-9-15)16-12(10-14(5)6)13(2,3)4/h11-12H,7-10H2,1-6H3. The molecule has 1 fully saturated rings. The summed E-state index contributed by atoms with van der Waals surface area (Å²) in [6.45, 7) is 12.3. The van der Waals surface area contributed by atoms with Crippen LogP contribution in [0.4, 0.5) is 0 Å². The van der Waals surface area contributed by atoms with Gasteiger partial charge >= 0.3 is 0 Å². The highest BCUT2D eigenvalue weighted by atomic mass is 16.5. The fourth-order valence-electron chi connectivity index (χ4n) is 1.88. The van der Waals surface area contributed by atoms with Gasteiger partial charge in [0.15, 0.2) is 0 Å². The van der Waals surface area contributed by atoms with E-state index in [1.165, 1.54) is 19.5 Å². The van der Waals surface area contributed by atoms with Gasteiger partial charge in [0.25, 0.3) is 0 Å². The van der Waals surface area contributed by atoms with Gasteiger partial charge in [-0.3, -0.25) is 4.90 Å². The minimum Gasteiger partial charge on any atom is -0.358 e. The molecule has 0 N–H and O–H groups in total. The van der Waals surface area contributed by atoms with Crippen LogP contribution in [-0.2, 0) is 4.74 Å². The van der Waals surface area contributed by atoms with E-state index in [2.05, 4.69) is 51.6 Å². The van der Waals surface area contributed by atoms with Crippen molar-refractivity contribution in [1.82, 2.24) is 9.80 Å². The molecule has 3 nitrogen and oxygen atoms in total. The van der Waals surface area contributed by atoms with E-state index < -0.39 is 0 Å². The van der Waals surface area contributed by atoms with Crippen LogP contribution in [0.2, 0.25) is 0 Å². The molecule has 3 heteroatoms. The molecule has 1 heterocycles. The molecule has 16 heavy (non-hydrogen) atoms. The van der Waals surface area contributed by atoms with Crippen molar-refractivity contribution in [2.24, 2.45) is 5.41 Å². The summed E-state index contributed by atoms with van der Waals surface area (Å²) >= 11 is 0. The van der Waals surface area contributed by atoms with Crippen LogP contribution >= 0.6 is 0 Å². The van der Waals surface area contributed by atoms with Crippen LogP contribution in [-0.4, -0.2) is 55.9 Å². The summed E-state index contributed by atoms with van der Waals surface area (Å²) in [6, 6.07) is 0. The molecule has 2 atom stereocenters. The van der Waals surface area contributed by atoms with Gasteiger partial charge in [0.05, 0.1) is 6.10 Å². The molecule has 0 amide bonds. The van der Waals surface area contributed by atoms with Crippen molar-refractivity contribution in [3.8, 4) is 0 Å². The molecule has 0 aromatic heterocycles. The third kappa shape index (κ3) is 4.04. The maximum Gasteiger partial charge on any atom is 0.108 e. The first kappa shape index (κ1) is 13.9. The van der Waals surface area contributed by atoms with Crippen molar-refractivity contribution in [3.05, 3.63) is 0 Å². The summed E-state index contributed by atoms with van der Waals surface area (Å²) in [4.78, 5) is 4.60. The van der Waals surface area contributed by atoms with Crippen molar-refractivity contribution in [1.29, 1.82) is 0 Å². The van der Waals surface area contributed by atoms with Gasteiger partial charge < -0.3 is 9.64 Å². The van der Waals surface area contributed by atoms with Crippen molar-refractivity contribution in [3.63, 3.8) is 0 Å². The number of likely N-dealkylation sites (tertiary alicyclic amines) is 1. The highest BCUT2D eigenvalue weighted by Gasteiger charge is 2.30. The Labute approximate surface area is 101 Å². The molecule has 0 bridgehead atoms. The maximum absolute atomic E-state index is 6.21. The molecule has 0 aromatic rings. The van der Waals surface area contributed by atoms with Crippen molar-refractivity contribution in [2.45, 2.75) is 46.4 Å². The summed E-state index contributed by atoms with van der Waals surface area (Å²) < 4.78 is 6.21. The third-order valence-corrected chi connectivity index (χ3v) is 3.26. The van der Waals surface area contributed by atoms with Crippen LogP contribution < -0.4 is 0 Å². The molecular formula is C13H28N2O. The molecule has 1 aliphatic rings. The van der Waals surface area contributed by atoms with Gasteiger partial charge in [-0.2, -0.15) is 0 Å². The lowest BCUT2D eigenvalue weighted by Crippen LogP contribution is -2.49. The van der Waals surface area contributed by atoms with E-state index in [0.29, 0.717) is 0 Å². The molecule has 2 unspecified atom stereocenters. The average molecular weight is 228 g/mol. The van der Waals surface area contributed by atoms with Crippen molar-refractivity contribution < 1.29 is 4.74 Å². The van der Waals surface area contributed by atoms with Gasteiger partial charge in [-0.05, 0) is 32.9 Å². The van der Waals surface area contributed by atoms with Crippen molar-refractivity contribution >= 4 is 0 Å². The van der Waals surface area contributed by atoms with Gasteiger partial charge in [-0.25, -0.2) is 0 Å². The van der Waals surface area contributed by atoms with Crippen LogP contribution in [0, 0.1) is 5.41 Å². The van der Waals surface area contributed by atoms with E-state index in [0.717, 1.165) is 6.54 Å². The van der Waals surface area contributed by atoms with Crippen LogP contribution in [0.1, 0.15) is 34.1 Å². The van der Waals surface area contributed by atoms with E-state index in [1.54, 1.807) is 0 Å². The minimum atomic E-state index is 0.198. The number of rotatable bonds is 5. The Morgan fingerprint density at radius 3 is 2.12 bits per heavy atom. The Morgan fingerprint density at radius 2 is 1.81 bits per heavy atom. The maximum atomic E-state index is 6.21. The molecule has 96 valence electrons. The summed E-state index contributed by atoms with van der Waals surface area (Å²) in [6.07, 6.45) is 1.87. The lowest BCUT2D eigenvalue weighted by atomic mass is 9.88. The van der Waals surface area contributed by atoms with Crippen LogP contribution in [0.15, 0.2) is 0 Å². The van der Waals surface area contributed by atoms with E-state index in [4.69, 9.17) is 4.74 Å². The van der Waals surface area contributed by atoms with Crippen LogP contribution in [0.3, 0.4) is 0 Å². The lowest BCUT2D eigenvalue weighted by molar-refractivity contribution is -0.144. The highest BCUT2D eigenvalue weighted by Crippen LogP contribution is 2.25. The van der Waals surface area contributed by atoms with Gasteiger partial charge in [0.2, 0.25) is 0 Å². The van der Waals surface area contributed by atoms with Gasteiger partial charge in [0.1, 0.15) is 6.23 Å². The number of hydrogen-bond acceptors (Lipinski definition) is 3. The zero-order chi connectivity index (χ0) is 12.3. The zero-order valence-electron chi connectivity index (χ0n) is 11.8. The summed E-state index contributed by atoms with van der Waals surface area (Å²) in [5, 5.41) is 0. The van der Waals surface area contributed by atoms with E-state index in [9.17, 15) is 0 Å². The lowest BCUT2D eigenvalue weighted by Gasteiger charge is -2.41. The van der Waals surface area contributed by atoms with Crippen LogP contribution in [0.5, 0.6) is 0 Å².